The maximum absolute atomic E-state index is 6.52. The SMILES string of the molecule is c1ccc(-c2nc3ccc4ccc5ccc(N(c6ccccc6)c6ccc(-c7ccc8sc9ccccc9c8c7)cc6)cc5c4c3o2)cc1. The molecular formula is C45H28N2OS. The maximum atomic E-state index is 6.52. The van der Waals surface area contributed by atoms with Gasteiger partial charge in [-0.1, -0.05) is 97.1 Å². The first kappa shape index (κ1) is 27.8. The van der Waals surface area contributed by atoms with Crippen LogP contribution in [0.4, 0.5) is 17.1 Å². The second kappa shape index (κ2) is 11.2. The molecule has 2 aromatic heterocycles. The topological polar surface area (TPSA) is 29.3 Å². The first-order valence-corrected chi connectivity index (χ1v) is 17.3. The molecule has 0 unspecified atom stereocenters. The van der Waals surface area contributed by atoms with Gasteiger partial charge >= 0.3 is 0 Å². The van der Waals surface area contributed by atoms with Crippen molar-refractivity contribution in [3.8, 4) is 22.6 Å². The molecule has 4 heteroatoms. The lowest BCUT2D eigenvalue weighted by atomic mass is 9.99. The number of rotatable bonds is 5. The Balaban J connectivity index is 1.11. The van der Waals surface area contributed by atoms with Crippen molar-refractivity contribution in [3.05, 3.63) is 170 Å². The molecule has 230 valence electrons. The molecule has 0 aliphatic carbocycles. The van der Waals surface area contributed by atoms with Gasteiger partial charge in [-0.25, -0.2) is 4.98 Å². The second-order valence-electron chi connectivity index (χ2n) is 12.4. The third kappa shape index (κ3) is 4.68. The van der Waals surface area contributed by atoms with Gasteiger partial charge in [0, 0.05) is 48.2 Å². The quantitative estimate of drug-likeness (QED) is 0.175. The summed E-state index contributed by atoms with van der Waals surface area (Å²) in [4.78, 5) is 7.20. The smallest absolute Gasteiger partial charge is 0.227 e. The molecule has 10 rings (SSSR count). The minimum Gasteiger partial charge on any atom is -0.435 e. The van der Waals surface area contributed by atoms with Crippen molar-refractivity contribution in [2.75, 3.05) is 4.90 Å². The predicted molar refractivity (Wildman–Crippen MR) is 207 cm³/mol. The van der Waals surface area contributed by atoms with Crippen LogP contribution in [0.1, 0.15) is 0 Å². The highest BCUT2D eigenvalue weighted by Crippen LogP contribution is 2.41. The highest BCUT2D eigenvalue weighted by atomic mass is 32.1. The number of nitrogens with zero attached hydrogens (tertiary/aromatic N) is 2. The van der Waals surface area contributed by atoms with Gasteiger partial charge in [0.25, 0.3) is 0 Å². The average Bonchev–Trinajstić information content (AvgIpc) is 3.78. The number of aromatic nitrogens is 1. The lowest BCUT2D eigenvalue weighted by Gasteiger charge is -2.26. The molecule has 2 heterocycles. The van der Waals surface area contributed by atoms with Crippen molar-refractivity contribution in [2.45, 2.75) is 0 Å². The van der Waals surface area contributed by atoms with Crippen LogP contribution in [0.5, 0.6) is 0 Å². The van der Waals surface area contributed by atoms with Crippen molar-refractivity contribution in [2.24, 2.45) is 0 Å². The zero-order chi connectivity index (χ0) is 32.3. The fourth-order valence-corrected chi connectivity index (χ4v) is 8.17. The van der Waals surface area contributed by atoms with Gasteiger partial charge in [-0.15, -0.1) is 11.3 Å². The van der Waals surface area contributed by atoms with Crippen LogP contribution in [-0.4, -0.2) is 4.98 Å². The number of hydrogen-bond acceptors (Lipinski definition) is 4. The summed E-state index contributed by atoms with van der Waals surface area (Å²) in [7, 11) is 0. The maximum Gasteiger partial charge on any atom is 0.227 e. The third-order valence-corrected chi connectivity index (χ3v) is 10.6. The van der Waals surface area contributed by atoms with E-state index < -0.39 is 0 Å². The zero-order valence-electron chi connectivity index (χ0n) is 26.4. The van der Waals surface area contributed by atoms with Gasteiger partial charge in [-0.3, -0.25) is 0 Å². The molecule has 0 radical (unpaired) electrons. The largest absolute Gasteiger partial charge is 0.435 e. The Kier molecular flexibility index (Phi) is 6.36. The van der Waals surface area contributed by atoms with Gasteiger partial charge in [-0.05, 0) is 100 Å². The number of fused-ring (bicyclic) bond motifs is 8. The minimum atomic E-state index is 0.633. The van der Waals surface area contributed by atoms with Crippen LogP contribution in [0.2, 0.25) is 0 Å². The molecule has 0 N–H and O–H groups in total. The van der Waals surface area contributed by atoms with Gasteiger partial charge in [0.05, 0.1) is 0 Å². The van der Waals surface area contributed by atoms with Crippen LogP contribution < -0.4 is 4.90 Å². The standard InChI is InChI=1S/C45H28N2OS/c1-3-9-32(10-4-1)45-46-40-25-20-31-16-15-30-19-24-36(28-38(30)43(31)44(40)48-45)47(34-11-5-2-6-12-34)35-22-17-29(18-23-35)33-21-26-42-39(27-33)37-13-7-8-14-41(37)49-42/h1-28H. The molecule has 0 saturated heterocycles. The molecule has 0 atom stereocenters. The number of thiophene rings is 1. The van der Waals surface area contributed by atoms with Gasteiger partial charge in [0.1, 0.15) is 5.52 Å². The number of para-hydroxylation sites is 1. The number of benzene rings is 8. The summed E-state index contributed by atoms with van der Waals surface area (Å²) in [6.07, 6.45) is 0. The zero-order valence-corrected chi connectivity index (χ0v) is 27.2. The van der Waals surface area contributed by atoms with Gasteiger partial charge < -0.3 is 9.32 Å². The molecule has 0 aliphatic rings. The van der Waals surface area contributed by atoms with E-state index in [0.717, 1.165) is 55.3 Å². The summed E-state index contributed by atoms with van der Waals surface area (Å²) >= 11 is 1.85. The molecule has 0 bridgehead atoms. The molecule has 0 spiro atoms. The molecule has 8 aromatic carbocycles. The van der Waals surface area contributed by atoms with E-state index in [1.807, 2.05) is 41.7 Å². The van der Waals surface area contributed by atoms with Crippen molar-refractivity contribution in [3.63, 3.8) is 0 Å². The molecule has 0 fully saturated rings. The van der Waals surface area contributed by atoms with E-state index in [-0.39, 0.29) is 0 Å². The Labute approximate surface area is 286 Å². The Bertz CT molecular complexity index is 2820. The third-order valence-electron chi connectivity index (χ3n) is 9.47. The summed E-state index contributed by atoms with van der Waals surface area (Å²) in [5.74, 6) is 0.633. The van der Waals surface area contributed by atoms with Crippen LogP contribution in [0.3, 0.4) is 0 Å². The Hall–Kier alpha value is -6.23. The van der Waals surface area contributed by atoms with E-state index in [1.54, 1.807) is 0 Å². The number of oxazole rings is 1. The first-order chi connectivity index (χ1) is 24.3. The van der Waals surface area contributed by atoms with Crippen LogP contribution >= 0.6 is 11.3 Å². The minimum absolute atomic E-state index is 0.633. The first-order valence-electron chi connectivity index (χ1n) is 16.5. The highest BCUT2D eigenvalue weighted by molar-refractivity contribution is 7.25. The average molecular weight is 645 g/mol. The Morgan fingerprint density at radius 2 is 1.10 bits per heavy atom. The van der Waals surface area contributed by atoms with E-state index in [9.17, 15) is 0 Å². The fraction of sp³-hybridized carbons (Fsp3) is 0. The lowest BCUT2D eigenvalue weighted by molar-refractivity contribution is 0.623. The van der Waals surface area contributed by atoms with E-state index >= 15 is 0 Å². The Morgan fingerprint density at radius 1 is 0.449 bits per heavy atom. The molecule has 49 heavy (non-hydrogen) atoms. The fourth-order valence-electron chi connectivity index (χ4n) is 7.09. The normalized spacial score (nSPS) is 11.7. The predicted octanol–water partition coefficient (Wildman–Crippen LogP) is 13.3. The summed E-state index contributed by atoms with van der Waals surface area (Å²) in [5, 5.41) is 7.11. The van der Waals surface area contributed by atoms with Gasteiger partial charge in [0.2, 0.25) is 5.89 Å². The van der Waals surface area contributed by atoms with Crippen molar-refractivity contribution in [1.82, 2.24) is 4.98 Å². The molecule has 10 aromatic rings. The van der Waals surface area contributed by atoms with Crippen molar-refractivity contribution < 1.29 is 4.42 Å². The van der Waals surface area contributed by atoms with Crippen LogP contribution in [0, 0.1) is 0 Å². The molecule has 3 nitrogen and oxygen atoms in total. The van der Waals surface area contributed by atoms with E-state index in [4.69, 9.17) is 9.40 Å². The summed E-state index contributed by atoms with van der Waals surface area (Å²) in [6.45, 7) is 0. The number of hydrogen-bond donors (Lipinski definition) is 0. The summed E-state index contributed by atoms with van der Waals surface area (Å²) in [5.41, 5.74) is 8.31. The molecular weight excluding hydrogens is 617 g/mol. The second-order valence-corrected chi connectivity index (χ2v) is 13.5. The molecule has 0 saturated carbocycles. The van der Waals surface area contributed by atoms with E-state index in [0.29, 0.717) is 5.89 Å². The number of anilines is 3. The van der Waals surface area contributed by atoms with Gasteiger partial charge in [-0.2, -0.15) is 0 Å². The van der Waals surface area contributed by atoms with Crippen LogP contribution in [-0.2, 0) is 0 Å². The monoisotopic (exact) mass is 644 g/mol. The van der Waals surface area contributed by atoms with E-state index in [2.05, 4.69) is 144 Å². The summed E-state index contributed by atoms with van der Waals surface area (Å²) < 4.78 is 9.17. The van der Waals surface area contributed by atoms with Crippen molar-refractivity contribution in [1.29, 1.82) is 0 Å². The van der Waals surface area contributed by atoms with Crippen molar-refractivity contribution >= 4 is 81.2 Å². The van der Waals surface area contributed by atoms with Crippen LogP contribution in [0.25, 0.3) is 75.4 Å². The highest BCUT2D eigenvalue weighted by Gasteiger charge is 2.17. The molecule has 0 aliphatic heterocycles. The van der Waals surface area contributed by atoms with Gasteiger partial charge in [0.15, 0.2) is 5.58 Å². The Morgan fingerprint density at radius 3 is 1.96 bits per heavy atom. The lowest BCUT2D eigenvalue weighted by Crippen LogP contribution is -2.09. The summed E-state index contributed by atoms with van der Waals surface area (Å²) in [6, 6.07) is 60.4. The van der Waals surface area contributed by atoms with E-state index in [1.165, 1.54) is 31.3 Å². The molecule has 0 amide bonds. The van der Waals surface area contributed by atoms with Crippen LogP contribution in [0.15, 0.2) is 174 Å².